The molecule has 0 saturated carbocycles. The third-order valence-corrected chi connectivity index (χ3v) is 4.97. The van der Waals surface area contributed by atoms with Crippen LogP contribution in [0.1, 0.15) is 38.4 Å². The second-order valence-electron chi connectivity index (χ2n) is 8.81. The van der Waals surface area contributed by atoms with E-state index >= 15 is 0 Å². The van der Waals surface area contributed by atoms with Crippen molar-refractivity contribution in [1.29, 1.82) is 0 Å². The van der Waals surface area contributed by atoms with Crippen LogP contribution >= 0.6 is 0 Å². The molecule has 1 aliphatic heterocycles. The molecular weight excluding hydrogens is 410 g/mol. The third-order valence-electron chi connectivity index (χ3n) is 4.97. The Labute approximate surface area is 187 Å². The van der Waals surface area contributed by atoms with Gasteiger partial charge in [-0.2, -0.15) is 0 Å². The van der Waals surface area contributed by atoms with Crippen LogP contribution in [-0.2, 0) is 22.5 Å². The molecule has 1 aliphatic rings. The van der Waals surface area contributed by atoms with Crippen molar-refractivity contribution in [2.75, 3.05) is 31.1 Å². The number of carbonyl (C=O) groups excluding carboxylic acids is 2. The van der Waals surface area contributed by atoms with E-state index in [9.17, 15) is 14.4 Å². The van der Waals surface area contributed by atoms with Gasteiger partial charge in [-0.05, 0) is 45.7 Å². The topological polar surface area (TPSA) is 111 Å². The summed E-state index contributed by atoms with van der Waals surface area (Å²) < 4.78 is 6.93. The minimum absolute atomic E-state index is 0.118. The molecule has 2 aromatic rings. The fourth-order valence-electron chi connectivity index (χ4n) is 3.45. The van der Waals surface area contributed by atoms with Crippen molar-refractivity contribution in [3.8, 4) is 0 Å². The van der Waals surface area contributed by atoms with Crippen LogP contribution in [0.5, 0.6) is 0 Å². The standard InChI is InChI=1S/C23H31N5O4/c1-23(2,3)32-22(31)28-13-12-26(16-19(28)29)20-21(30)27(14-17-8-5-4-6-9-17)15-18(25-20)10-7-11-24/h4-6,8-9,15H,7,10-14,16,24H2,1-3H3. The van der Waals surface area contributed by atoms with Crippen molar-refractivity contribution in [1.82, 2.24) is 14.5 Å². The number of piperazine rings is 1. The van der Waals surface area contributed by atoms with Gasteiger partial charge in [-0.25, -0.2) is 14.7 Å². The minimum atomic E-state index is -0.696. The number of nitrogens with zero attached hydrogens (tertiary/aromatic N) is 4. The van der Waals surface area contributed by atoms with E-state index < -0.39 is 17.6 Å². The maximum atomic E-state index is 13.2. The molecule has 1 aromatic carbocycles. The second kappa shape index (κ2) is 9.95. The normalized spacial score (nSPS) is 14.6. The van der Waals surface area contributed by atoms with Gasteiger partial charge in [0.15, 0.2) is 5.82 Å². The lowest BCUT2D eigenvalue weighted by Crippen LogP contribution is -2.55. The zero-order valence-electron chi connectivity index (χ0n) is 18.9. The number of ether oxygens (including phenoxy) is 1. The van der Waals surface area contributed by atoms with Gasteiger partial charge in [-0.15, -0.1) is 0 Å². The van der Waals surface area contributed by atoms with Crippen molar-refractivity contribution < 1.29 is 14.3 Å². The average molecular weight is 442 g/mol. The zero-order valence-corrected chi connectivity index (χ0v) is 18.9. The summed E-state index contributed by atoms with van der Waals surface area (Å²) in [5.41, 5.74) is 6.41. The molecule has 2 amide bonds. The van der Waals surface area contributed by atoms with Crippen LogP contribution in [0.25, 0.3) is 0 Å². The smallest absolute Gasteiger partial charge is 0.417 e. The highest BCUT2D eigenvalue weighted by Crippen LogP contribution is 2.16. The lowest BCUT2D eigenvalue weighted by atomic mass is 10.2. The molecule has 3 rings (SSSR count). The van der Waals surface area contributed by atoms with E-state index in [-0.39, 0.29) is 24.5 Å². The fourth-order valence-corrected chi connectivity index (χ4v) is 3.45. The van der Waals surface area contributed by atoms with Gasteiger partial charge in [0, 0.05) is 19.3 Å². The monoisotopic (exact) mass is 441 g/mol. The summed E-state index contributed by atoms with van der Waals surface area (Å²) in [6.07, 6.45) is 2.45. The number of anilines is 1. The first-order chi connectivity index (χ1) is 15.2. The zero-order chi connectivity index (χ0) is 23.3. The molecule has 32 heavy (non-hydrogen) atoms. The van der Waals surface area contributed by atoms with E-state index in [4.69, 9.17) is 10.5 Å². The summed E-state index contributed by atoms with van der Waals surface area (Å²) in [7, 11) is 0. The Balaban J connectivity index is 1.85. The first-order valence-electron chi connectivity index (χ1n) is 10.8. The molecule has 2 N–H and O–H groups in total. The summed E-state index contributed by atoms with van der Waals surface area (Å²) in [4.78, 5) is 45.5. The molecule has 172 valence electrons. The van der Waals surface area contributed by atoms with Crippen LogP contribution in [0.3, 0.4) is 0 Å². The Morgan fingerprint density at radius 3 is 2.50 bits per heavy atom. The molecule has 1 aromatic heterocycles. The number of nitrogens with two attached hydrogens (primary N) is 1. The molecule has 1 saturated heterocycles. The van der Waals surface area contributed by atoms with Crippen LogP contribution in [0.15, 0.2) is 41.3 Å². The van der Waals surface area contributed by atoms with Crippen LogP contribution < -0.4 is 16.2 Å². The summed E-state index contributed by atoms with van der Waals surface area (Å²) in [6, 6.07) is 9.68. The number of carbonyl (C=O) groups is 2. The van der Waals surface area contributed by atoms with Gasteiger partial charge >= 0.3 is 6.09 Å². The second-order valence-corrected chi connectivity index (χ2v) is 8.81. The number of aromatic nitrogens is 2. The van der Waals surface area contributed by atoms with Crippen molar-refractivity contribution in [2.24, 2.45) is 5.73 Å². The average Bonchev–Trinajstić information content (AvgIpc) is 2.73. The molecular formula is C23H31N5O4. The molecule has 1 fully saturated rings. The van der Waals surface area contributed by atoms with Gasteiger partial charge in [0.25, 0.3) is 11.5 Å². The van der Waals surface area contributed by atoms with Crippen molar-refractivity contribution in [3.05, 3.63) is 58.1 Å². The van der Waals surface area contributed by atoms with Gasteiger partial charge in [0.2, 0.25) is 0 Å². The number of benzene rings is 1. The summed E-state index contributed by atoms with van der Waals surface area (Å²) in [6.45, 7) is 6.47. The summed E-state index contributed by atoms with van der Waals surface area (Å²) in [5.74, 6) is -0.207. The first-order valence-corrected chi connectivity index (χ1v) is 10.8. The Hall–Kier alpha value is -3.20. The molecule has 0 aliphatic carbocycles. The van der Waals surface area contributed by atoms with Crippen LogP contribution in [-0.4, -0.2) is 58.2 Å². The summed E-state index contributed by atoms with van der Waals surface area (Å²) in [5, 5.41) is 0. The maximum Gasteiger partial charge on any atom is 0.417 e. The van der Waals surface area contributed by atoms with E-state index in [1.165, 1.54) is 0 Å². The van der Waals surface area contributed by atoms with Crippen molar-refractivity contribution in [2.45, 2.75) is 45.8 Å². The largest absolute Gasteiger partial charge is 0.443 e. The lowest BCUT2D eigenvalue weighted by Gasteiger charge is -2.34. The quantitative estimate of drug-likeness (QED) is 0.727. The number of hydrogen-bond donors (Lipinski definition) is 1. The fraction of sp³-hybridized carbons (Fsp3) is 0.478. The van der Waals surface area contributed by atoms with Gasteiger partial charge in [-0.3, -0.25) is 9.59 Å². The Kier molecular flexibility index (Phi) is 7.29. The molecule has 0 unspecified atom stereocenters. The van der Waals surface area contributed by atoms with E-state index in [0.717, 1.165) is 22.6 Å². The SMILES string of the molecule is CC(C)(C)OC(=O)N1CCN(c2nc(CCCN)cn(Cc3ccccc3)c2=O)CC1=O. The third kappa shape index (κ3) is 5.94. The van der Waals surface area contributed by atoms with E-state index in [1.807, 2.05) is 30.3 Å². The highest BCUT2D eigenvalue weighted by Gasteiger charge is 2.33. The van der Waals surface area contributed by atoms with Crippen molar-refractivity contribution >= 4 is 17.8 Å². The van der Waals surface area contributed by atoms with E-state index in [2.05, 4.69) is 4.98 Å². The highest BCUT2D eigenvalue weighted by atomic mass is 16.6. The van der Waals surface area contributed by atoms with Crippen LogP contribution in [0.4, 0.5) is 10.6 Å². The van der Waals surface area contributed by atoms with Crippen LogP contribution in [0.2, 0.25) is 0 Å². The van der Waals surface area contributed by atoms with Gasteiger partial charge in [-0.1, -0.05) is 30.3 Å². The Morgan fingerprint density at radius 2 is 1.88 bits per heavy atom. The molecule has 0 spiro atoms. The van der Waals surface area contributed by atoms with E-state index in [0.29, 0.717) is 26.1 Å². The number of aryl methyl sites for hydroxylation is 1. The lowest BCUT2D eigenvalue weighted by molar-refractivity contribution is -0.130. The van der Waals surface area contributed by atoms with Gasteiger partial charge < -0.3 is 19.9 Å². The number of rotatable bonds is 6. The predicted octanol–water partition coefficient (Wildman–Crippen LogP) is 1.77. The van der Waals surface area contributed by atoms with Crippen LogP contribution in [0, 0.1) is 0 Å². The number of hydrogen-bond acceptors (Lipinski definition) is 7. The Morgan fingerprint density at radius 1 is 1.16 bits per heavy atom. The number of amides is 2. The number of imide groups is 1. The van der Waals surface area contributed by atoms with Gasteiger partial charge in [0.1, 0.15) is 5.60 Å². The molecule has 2 heterocycles. The maximum absolute atomic E-state index is 13.2. The molecule has 0 atom stereocenters. The van der Waals surface area contributed by atoms with Crippen molar-refractivity contribution in [3.63, 3.8) is 0 Å². The highest BCUT2D eigenvalue weighted by molar-refractivity contribution is 5.95. The molecule has 9 heteroatoms. The molecule has 0 radical (unpaired) electrons. The van der Waals surface area contributed by atoms with Gasteiger partial charge in [0.05, 0.1) is 18.8 Å². The first kappa shape index (κ1) is 23.5. The van der Waals surface area contributed by atoms with E-state index in [1.54, 1.807) is 36.4 Å². The minimum Gasteiger partial charge on any atom is -0.443 e. The molecule has 9 nitrogen and oxygen atoms in total. The summed E-state index contributed by atoms with van der Waals surface area (Å²) >= 11 is 0. The Bertz CT molecular complexity index is 1010. The predicted molar refractivity (Wildman–Crippen MR) is 122 cm³/mol. The molecule has 0 bridgehead atoms.